The van der Waals surface area contributed by atoms with Crippen molar-refractivity contribution in [1.82, 2.24) is 9.97 Å². The van der Waals surface area contributed by atoms with Crippen LogP contribution in [0, 0.1) is 6.92 Å². The Balaban J connectivity index is 2.05. The van der Waals surface area contributed by atoms with Crippen LogP contribution >= 0.6 is 38.6 Å². The molecule has 3 aromatic rings. The molecule has 0 aliphatic rings. The molecule has 3 rings (SSSR count). The van der Waals surface area contributed by atoms with Gasteiger partial charge in [0.1, 0.15) is 5.01 Å². The summed E-state index contributed by atoms with van der Waals surface area (Å²) in [6.45, 7) is 2.08. The van der Waals surface area contributed by atoms with Crippen molar-refractivity contribution in [3.05, 3.63) is 45.3 Å². The smallest absolute Gasteiger partial charge is 0.125 e. The number of aryl methyl sites for hydroxylation is 1. The maximum absolute atomic E-state index is 4.70. The Labute approximate surface area is 121 Å². The fourth-order valence-electron chi connectivity index (χ4n) is 1.67. The molecule has 0 N–H and O–H groups in total. The van der Waals surface area contributed by atoms with E-state index in [2.05, 4.69) is 38.6 Å². The molecule has 0 aliphatic carbocycles. The molecule has 2 nitrogen and oxygen atoms in total. The van der Waals surface area contributed by atoms with Crippen LogP contribution in [0.1, 0.15) is 5.56 Å². The lowest BCUT2D eigenvalue weighted by Gasteiger charge is -1.99. The zero-order valence-electron chi connectivity index (χ0n) is 9.55. The number of hydrogen-bond acceptors (Lipinski definition) is 4. The van der Waals surface area contributed by atoms with E-state index in [0.29, 0.717) is 0 Å². The Hall–Kier alpha value is -1.04. The van der Waals surface area contributed by atoms with Gasteiger partial charge in [-0.05, 0) is 45.9 Å². The molecule has 0 saturated heterocycles. The van der Waals surface area contributed by atoms with Gasteiger partial charge in [0.05, 0.1) is 10.6 Å². The lowest BCUT2D eigenvalue weighted by molar-refractivity contribution is 1.27. The highest BCUT2D eigenvalue weighted by Crippen LogP contribution is 2.36. The van der Waals surface area contributed by atoms with Crippen molar-refractivity contribution in [2.45, 2.75) is 6.92 Å². The van der Waals surface area contributed by atoms with Crippen LogP contribution in [0.2, 0.25) is 0 Å². The summed E-state index contributed by atoms with van der Waals surface area (Å²) in [5, 5.41) is 5.18. The lowest BCUT2D eigenvalue weighted by Crippen LogP contribution is -1.84. The van der Waals surface area contributed by atoms with E-state index in [1.54, 1.807) is 22.7 Å². The van der Waals surface area contributed by atoms with Gasteiger partial charge in [-0.3, -0.25) is 4.98 Å². The second-order valence-electron chi connectivity index (χ2n) is 3.83. The number of nitrogens with zero attached hydrogens (tertiary/aromatic N) is 2. The van der Waals surface area contributed by atoms with E-state index >= 15 is 0 Å². The molecule has 0 saturated carbocycles. The Morgan fingerprint density at radius 1 is 1.22 bits per heavy atom. The standard InChI is InChI=1S/C13H9BrN2S2/c1-8-2-4-15-6-9(8)13-16-11(7-18-13)12-10(14)3-5-17-12/h2-7H,1H3. The largest absolute Gasteiger partial charge is 0.264 e. The highest BCUT2D eigenvalue weighted by molar-refractivity contribution is 9.10. The molecule has 0 atom stereocenters. The minimum absolute atomic E-state index is 1.02. The molecule has 0 fully saturated rings. The number of thiophene rings is 1. The van der Waals surface area contributed by atoms with Gasteiger partial charge in [-0.2, -0.15) is 0 Å². The first-order chi connectivity index (χ1) is 8.75. The first-order valence-electron chi connectivity index (χ1n) is 5.35. The molecule has 90 valence electrons. The third-order valence-corrected chi connectivity index (χ3v) is 5.36. The molecule has 0 radical (unpaired) electrons. The van der Waals surface area contributed by atoms with Crippen LogP contribution in [0.3, 0.4) is 0 Å². The Kier molecular flexibility index (Phi) is 3.28. The first kappa shape index (κ1) is 12.0. The van der Waals surface area contributed by atoms with Crippen molar-refractivity contribution in [2.75, 3.05) is 0 Å². The maximum atomic E-state index is 4.70. The summed E-state index contributed by atoms with van der Waals surface area (Å²) in [6.07, 6.45) is 3.69. The van der Waals surface area contributed by atoms with Crippen molar-refractivity contribution in [1.29, 1.82) is 0 Å². The first-order valence-corrected chi connectivity index (χ1v) is 7.91. The summed E-state index contributed by atoms with van der Waals surface area (Å²) < 4.78 is 1.10. The van der Waals surface area contributed by atoms with Gasteiger partial charge in [0.2, 0.25) is 0 Å². The van der Waals surface area contributed by atoms with Gasteiger partial charge in [0.15, 0.2) is 0 Å². The van der Waals surface area contributed by atoms with Crippen molar-refractivity contribution >= 4 is 38.6 Å². The molecule has 0 aromatic carbocycles. The molecule has 3 heterocycles. The van der Waals surface area contributed by atoms with Gasteiger partial charge in [-0.25, -0.2) is 4.98 Å². The van der Waals surface area contributed by atoms with Crippen LogP contribution in [0.25, 0.3) is 21.1 Å². The van der Waals surface area contributed by atoms with E-state index < -0.39 is 0 Å². The molecule has 18 heavy (non-hydrogen) atoms. The molecular weight excluding hydrogens is 328 g/mol. The van der Waals surface area contributed by atoms with Crippen molar-refractivity contribution in [3.8, 4) is 21.1 Å². The number of thiazole rings is 1. The topological polar surface area (TPSA) is 25.8 Å². The second-order valence-corrected chi connectivity index (χ2v) is 6.45. The van der Waals surface area contributed by atoms with Crippen molar-refractivity contribution < 1.29 is 0 Å². The Morgan fingerprint density at radius 3 is 2.83 bits per heavy atom. The number of pyridine rings is 1. The molecule has 0 spiro atoms. The third-order valence-electron chi connectivity index (χ3n) is 2.62. The predicted octanol–water partition coefficient (Wildman–Crippen LogP) is 5.00. The SMILES string of the molecule is Cc1ccncc1-c1nc(-c2sccc2Br)cs1. The fraction of sp³-hybridized carbons (Fsp3) is 0.0769. The van der Waals surface area contributed by atoms with Crippen LogP contribution in [-0.4, -0.2) is 9.97 Å². The molecular formula is C13H9BrN2S2. The number of aromatic nitrogens is 2. The maximum Gasteiger partial charge on any atom is 0.125 e. The molecule has 0 amide bonds. The van der Waals surface area contributed by atoms with Gasteiger partial charge in [0, 0.05) is 27.8 Å². The molecule has 0 bridgehead atoms. The average Bonchev–Trinajstić information content (AvgIpc) is 2.98. The van der Waals surface area contributed by atoms with E-state index in [9.17, 15) is 0 Å². The Morgan fingerprint density at radius 2 is 2.11 bits per heavy atom. The van der Waals surface area contributed by atoms with Crippen LogP contribution in [0.15, 0.2) is 39.8 Å². The van der Waals surface area contributed by atoms with Crippen molar-refractivity contribution in [2.24, 2.45) is 0 Å². The van der Waals surface area contributed by atoms with E-state index in [0.717, 1.165) is 20.7 Å². The zero-order chi connectivity index (χ0) is 12.5. The Bertz CT molecular complexity index is 688. The monoisotopic (exact) mass is 336 g/mol. The van der Waals surface area contributed by atoms with E-state index in [4.69, 9.17) is 4.98 Å². The van der Waals surface area contributed by atoms with Crippen LogP contribution in [-0.2, 0) is 0 Å². The molecule has 3 aromatic heterocycles. The summed E-state index contributed by atoms with van der Waals surface area (Å²) in [6, 6.07) is 4.06. The molecule has 0 aliphatic heterocycles. The summed E-state index contributed by atoms with van der Waals surface area (Å²) in [5.74, 6) is 0. The van der Waals surface area contributed by atoms with Gasteiger partial charge in [-0.1, -0.05) is 0 Å². The minimum Gasteiger partial charge on any atom is -0.264 e. The summed E-state index contributed by atoms with van der Waals surface area (Å²) in [5.41, 5.74) is 3.35. The number of hydrogen-bond donors (Lipinski definition) is 0. The lowest BCUT2D eigenvalue weighted by atomic mass is 10.2. The van der Waals surface area contributed by atoms with Crippen molar-refractivity contribution in [3.63, 3.8) is 0 Å². The summed E-state index contributed by atoms with van der Waals surface area (Å²) >= 11 is 6.90. The number of rotatable bonds is 2. The van der Waals surface area contributed by atoms with E-state index in [-0.39, 0.29) is 0 Å². The van der Waals surface area contributed by atoms with Gasteiger partial charge in [-0.15, -0.1) is 22.7 Å². The minimum atomic E-state index is 1.02. The molecule has 5 heteroatoms. The van der Waals surface area contributed by atoms with Gasteiger partial charge >= 0.3 is 0 Å². The summed E-state index contributed by atoms with van der Waals surface area (Å²) in [4.78, 5) is 10.1. The quantitative estimate of drug-likeness (QED) is 0.657. The highest BCUT2D eigenvalue weighted by Gasteiger charge is 2.11. The van der Waals surface area contributed by atoms with E-state index in [1.165, 1.54) is 10.4 Å². The normalized spacial score (nSPS) is 10.8. The predicted molar refractivity (Wildman–Crippen MR) is 81.1 cm³/mol. The van der Waals surface area contributed by atoms with Crippen LogP contribution < -0.4 is 0 Å². The van der Waals surface area contributed by atoms with Gasteiger partial charge in [0.25, 0.3) is 0 Å². The summed E-state index contributed by atoms with van der Waals surface area (Å²) in [7, 11) is 0. The second kappa shape index (κ2) is 4.91. The van der Waals surface area contributed by atoms with Crippen LogP contribution in [0.5, 0.6) is 0 Å². The zero-order valence-corrected chi connectivity index (χ0v) is 12.8. The average molecular weight is 337 g/mol. The third kappa shape index (κ3) is 2.13. The van der Waals surface area contributed by atoms with Crippen LogP contribution in [0.4, 0.5) is 0 Å². The fourth-order valence-corrected chi connectivity index (χ4v) is 4.16. The number of halogens is 1. The molecule has 0 unspecified atom stereocenters. The van der Waals surface area contributed by atoms with Gasteiger partial charge < -0.3 is 0 Å². The highest BCUT2D eigenvalue weighted by atomic mass is 79.9. The van der Waals surface area contributed by atoms with E-state index in [1.807, 2.05) is 24.5 Å².